The molecule has 3 rings (SSSR count). The highest BCUT2D eigenvalue weighted by Gasteiger charge is 2.46. The number of hydrogen-bond donors (Lipinski definition) is 0. The Morgan fingerprint density at radius 3 is 1.37 bits per heavy atom. The number of hydrogen-bond acceptors (Lipinski definition) is 0. The molecular formula is C33H52P2. The molecule has 0 saturated heterocycles. The lowest BCUT2D eigenvalue weighted by molar-refractivity contribution is 0.527. The Kier molecular flexibility index (Phi) is 8.73. The second-order valence-electron chi connectivity index (χ2n) is 13.4. The quantitative estimate of drug-likeness (QED) is 0.351. The molecule has 0 N–H and O–H groups in total. The van der Waals surface area contributed by atoms with Crippen molar-refractivity contribution in [3.05, 3.63) is 57.6 Å². The van der Waals surface area contributed by atoms with Gasteiger partial charge in [-0.1, -0.05) is 87.1 Å². The average molecular weight is 511 g/mol. The van der Waals surface area contributed by atoms with Crippen LogP contribution in [0.4, 0.5) is 0 Å². The molecule has 1 aliphatic carbocycles. The molecule has 194 valence electrons. The van der Waals surface area contributed by atoms with E-state index in [1.54, 1.807) is 10.6 Å². The fourth-order valence-corrected chi connectivity index (χ4v) is 16.1. The van der Waals surface area contributed by atoms with Gasteiger partial charge >= 0.3 is 0 Å². The second-order valence-corrected chi connectivity index (χ2v) is 20.1. The van der Waals surface area contributed by atoms with E-state index >= 15 is 0 Å². The molecule has 0 heterocycles. The summed E-state index contributed by atoms with van der Waals surface area (Å²) in [5, 5.41) is 3.97. The van der Waals surface area contributed by atoms with E-state index in [-0.39, 0.29) is 7.92 Å². The van der Waals surface area contributed by atoms with Crippen LogP contribution in [-0.2, 0) is 0 Å². The normalized spacial score (nSPS) is 20.2. The van der Waals surface area contributed by atoms with Gasteiger partial charge in [0.15, 0.2) is 0 Å². The topological polar surface area (TPSA) is 0 Å². The summed E-state index contributed by atoms with van der Waals surface area (Å²) < 4.78 is 0. The molecule has 1 saturated carbocycles. The number of benzene rings is 2. The van der Waals surface area contributed by atoms with Crippen LogP contribution in [0.15, 0.2) is 24.3 Å². The Bertz CT molecular complexity index is 932. The van der Waals surface area contributed by atoms with Gasteiger partial charge in [-0.2, -0.15) is 0 Å². The van der Waals surface area contributed by atoms with Crippen molar-refractivity contribution in [1.29, 1.82) is 0 Å². The lowest BCUT2D eigenvalue weighted by atomic mass is 10.0. The van der Waals surface area contributed by atoms with Crippen LogP contribution in [0.2, 0.25) is 0 Å². The zero-order chi connectivity index (χ0) is 26.5. The van der Waals surface area contributed by atoms with Crippen LogP contribution in [0.25, 0.3) is 0 Å². The van der Waals surface area contributed by atoms with Gasteiger partial charge in [-0.3, -0.25) is 0 Å². The predicted octanol–water partition coefficient (Wildman–Crippen LogP) is 9.61. The maximum absolute atomic E-state index is 2.63. The van der Waals surface area contributed by atoms with Gasteiger partial charge in [0.25, 0.3) is 0 Å². The zero-order valence-electron chi connectivity index (χ0n) is 25.1. The van der Waals surface area contributed by atoms with E-state index in [1.165, 1.54) is 52.6 Å². The summed E-state index contributed by atoms with van der Waals surface area (Å²) >= 11 is 0. The first-order valence-corrected chi connectivity index (χ1v) is 16.6. The van der Waals surface area contributed by atoms with Crippen LogP contribution in [0.3, 0.4) is 0 Å². The maximum atomic E-state index is 2.63. The molecule has 3 atom stereocenters. The number of rotatable bonds is 5. The Labute approximate surface area is 220 Å². The third kappa shape index (κ3) is 6.07. The van der Waals surface area contributed by atoms with Crippen LogP contribution in [0.1, 0.15) is 101 Å². The Morgan fingerprint density at radius 1 is 0.657 bits per heavy atom. The summed E-state index contributed by atoms with van der Waals surface area (Å²) in [6, 6.07) is 10.2. The smallest absolute Gasteiger partial charge is 0.00945 e. The summed E-state index contributed by atoms with van der Waals surface area (Å²) in [4.78, 5) is 0. The summed E-state index contributed by atoms with van der Waals surface area (Å²) in [6.45, 7) is 31.5. The summed E-state index contributed by atoms with van der Waals surface area (Å²) in [6.07, 6.45) is 4.18. The number of aryl methyl sites for hydroxylation is 4. The first kappa shape index (κ1) is 28.9. The molecule has 0 radical (unpaired) electrons. The Hall–Kier alpha value is -0.700. The Balaban J connectivity index is 2.18. The van der Waals surface area contributed by atoms with E-state index < -0.39 is 7.92 Å². The van der Waals surface area contributed by atoms with Crippen molar-refractivity contribution in [3.8, 4) is 0 Å². The molecule has 0 aliphatic heterocycles. The van der Waals surface area contributed by atoms with Crippen LogP contribution >= 0.6 is 15.8 Å². The molecule has 1 aliphatic rings. The van der Waals surface area contributed by atoms with Crippen molar-refractivity contribution in [2.24, 2.45) is 5.92 Å². The summed E-state index contributed by atoms with van der Waals surface area (Å²) in [5.74, 6) is 0.814. The van der Waals surface area contributed by atoms with Gasteiger partial charge in [-0.05, 0) is 134 Å². The van der Waals surface area contributed by atoms with Crippen LogP contribution in [0.5, 0.6) is 0 Å². The summed E-state index contributed by atoms with van der Waals surface area (Å²) in [5.41, 5.74) is 10.3. The van der Waals surface area contributed by atoms with E-state index in [2.05, 4.69) is 114 Å². The lowest BCUT2D eigenvalue weighted by Crippen LogP contribution is -2.37. The highest BCUT2D eigenvalue weighted by atomic mass is 31.1. The first-order valence-electron chi connectivity index (χ1n) is 13.8. The van der Waals surface area contributed by atoms with Gasteiger partial charge in [-0.25, -0.2) is 0 Å². The molecule has 0 amide bonds. The maximum Gasteiger partial charge on any atom is -0.00945 e. The molecule has 0 bridgehead atoms. The predicted molar refractivity (Wildman–Crippen MR) is 165 cm³/mol. The highest BCUT2D eigenvalue weighted by Crippen LogP contribution is 2.67. The third-order valence-electron chi connectivity index (χ3n) is 8.72. The molecule has 0 nitrogen and oxygen atoms in total. The molecule has 2 unspecified atom stereocenters. The molecule has 0 aromatic heterocycles. The Morgan fingerprint density at radius 2 is 1.03 bits per heavy atom. The SMILES string of the molecule is Cc1cc(P(c2cc(C)c(C)c(C)c2)C2CCCC2[C@@H](C)P(C(C)(C)C)C(C)(C)C)cc(C)c1C. The van der Waals surface area contributed by atoms with Crippen molar-refractivity contribution in [3.63, 3.8) is 0 Å². The van der Waals surface area contributed by atoms with E-state index in [9.17, 15) is 0 Å². The van der Waals surface area contributed by atoms with Crippen molar-refractivity contribution >= 4 is 26.5 Å². The van der Waals surface area contributed by atoms with E-state index in [0.717, 1.165) is 17.2 Å². The van der Waals surface area contributed by atoms with Gasteiger partial charge in [0.1, 0.15) is 0 Å². The highest BCUT2D eigenvalue weighted by molar-refractivity contribution is 7.73. The fourth-order valence-electron chi connectivity index (χ4n) is 7.11. The molecule has 35 heavy (non-hydrogen) atoms. The average Bonchev–Trinajstić information content (AvgIpc) is 3.17. The van der Waals surface area contributed by atoms with Crippen LogP contribution < -0.4 is 10.6 Å². The van der Waals surface area contributed by atoms with Gasteiger partial charge in [0.05, 0.1) is 0 Å². The monoisotopic (exact) mass is 510 g/mol. The lowest BCUT2D eigenvalue weighted by Gasteiger charge is -2.49. The van der Waals surface area contributed by atoms with E-state index in [4.69, 9.17) is 0 Å². The van der Waals surface area contributed by atoms with E-state index in [1.807, 2.05) is 0 Å². The van der Waals surface area contributed by atoms with Gasteiger partial charge in [-0.15, -0.1) is 0 Å². The third-order valence-corrected chi connectivity index (χ3v) is 15.7. The molecule has 2 heteroatoms. The minimum Gasteiger partial charge on any atom is -0.0924 e. The van der Waals surface area contributed by atoms with Crippen LogP contribution in [-0.4, -0.2) is 21.6 Å². The standard InChI is InChI=1S/C33H52P2/c1-21-17-28(18-22(2)25(21)5)34(29-19-23(3)26(6)24(4)20-29)31-16-14-15-30(31)27(7)35(32(8,9)10)33(11,12)13/h17-20,27,30-31H,14-16H2,1-13H3/t27-,30?,31?/m1/s1. The first-order chi connectivity index (χ1) is 16.0. The largest absolute Gasteiger partial charge is 0.0924 e. The molecule has 2 aromatic carbocycles. The van der Waals surface area contributed by atoms with Crippen LogP contribution in [0, 0.1) is 47.5 Å². The fraction of sp³-hybridized carbons (Fsp3) is 0.636. The van der Waals surface area contributed by atoms with Crippen molar-refractivity contribution in [1.82, 2.24) is 0 Å². The minimum atomic E-state index is -0.399. The van der Waals surface area contributed by atoms with Crippen molar-refractivity contribution in [2.75, 3.05) is 0 Å². The van der Waals surface area contributed by atoms with Crippen molar-refractivity contribution < 1.29 is 0 Å². The van der Waals surface area contributed by atoms with Gasteiger partial charge < -0.3 is 0 Å². The molecule has 1 fully saturated rings. The zero-order valence-corrected chi connectivity index (χ0v) is 26.8. The molecular weight excluding hydrogens is 458 g/mol. The van der Waals surface area contributed by atoms with Gasteiger partial charge in [0.2, 0.25) is 0 Å². The molecule has 2 aromatic rings. The van der Waals surface area contributed by atoms with Gasteiger partial charge in [0, 0.05) is 0 Å². The van der Waals surface area contributed by atoms with E-state index in [0.29, 0.717) is 10.3 Å². The second kappa shape index (κ2) is 10.6. The summed E-state index contributed by atoms with van der Waals surface area (Å²) in [7, 11) is -0.528. The minimum absolute atomic E-state index is 0.129. The molecule has 0 spiro atoms. The van der Waals surface area contributed by atoms with Crippen molar-refractivity contribution in [2.45, 2.75) is 131 Å².